The van der Waals surface area contributed by atoms with Crippen LogP contribution in [0.5, 0.6) is 0 Å². The Bertz CT molecular complexity index is 629. The Morgan fingerprint density at radius 2 is 1.44 bits per heavy atom. The third-order valence-electron chi connectivity index (χ3n) is 2.08. The molecule has 14 heteroatoms. The highest BCUT2D eigenvalue weighted by molar-refractivity contribution is 6.67. The van der Waals surface area contributed by atoms with Crippen LogP contribution in [0.2, 0.25) is 0 Å². The Morgan fingerprint density at radius 1 is 0.960 bits per heavy atom. The summed E-state index contributed by atoms with van der Waals surface area (Å²) in [6.07, 6.45) is -0.0344. The van der Waals surface area contributed by atoms with Gasteiger partial charge in [0.05, 0.1) is 0 Å². The molecule has 0 aliphatic rings. The van der Waals surface area contributed by atoms with Gasteiger partial charge in [0, 0.05) is 6.08 Å². The molecule has 1 amide bonds. The summed E-state index contributed by atoms with van der Waals surface area (Å²) < 4.78 is 5.22. The largest absolute Gasteiger partial charge is 0.459 e. The SMILES string of the molecule is C=CC(=O)OCCOC(=O)Nc1nc(C(Cl)(Cl)Cl)nc(C(Cl)(Cl)Cl)n1. The van der Waals surface area contributed by atoms with Gasteiger partial charge in [-0.25, -0.2) is 14.6 Å². The molecule has 1 heterocycles. The maximum atomic E-state index is 11.7. The van der Waals surface area contributed by atoms with Crippen molar-refractivity contribution in [1.29, 1.82) is 0 Å². The van der Waals surface area contributed by atoms with Crippen LogP contribution < -0.4 is 5.32 Å². The van der Waals surface area contributed by atoms with E-state index in [4.69, 9.17) is 74.3 Å². The van der Waals surface area contributed by atoms with Crippen LogP contribution >= 0.6 is 69.6 Å². The zero-order valence-corrected chi connectivity index (χ0v) is 16.5. The Labute approximate surface area is 171 Å². The third kappa shape index (κ3) is 7.98. The first-order chi connectivity index (χ1) is 11.4. The number of nitrogens with zero attached hydrogens (tertiary/aromatic N) is 3. The van der Waals surface area contributed by atoms with Crippen molar-refractivity contribution in [3.63, 3.8) is 0 Å². The predicted molar refractivity (Wildman–Crippen MR) is 94.4 cm³/mol. The Kier molecular flexibility index (Phi) is 8.24. The number of carbonyl (C=O) groups excluding carboxylic acids is 2. The highest BCUT2D eigenvalue weighted by atomic mass is 35.6. The summed E-state index contributed by atoms with van der Waals surface area (Å²) in [7, 11) is 0. The molecular weight excluding hydrogens is 465 g/mol. The fourth-order valence-electron chi connectivity index (χ4n) is 1.15. The van der Waals surface area contributed by atoms with Crippen molar-refractivity contribution in [2.75, 3.05) is 18.5 Å². The lowest BCUT2D eigenvalue weighted by molar-refractivity contribution is -0.138. The summed E-state index contributed by atoms with van der Waals surface area (Å²) >= 11 is 34.1. The van der Waals surface area contributed by atoms with Crippen molar-refractivity contribution in [3.05, 3.63) is 24.3 Å². The third-order valence-corrected chi connectivity index (χ3v) is 3.10. The van der Waals surface area contributed by atoms with Crippen LogP contribution in [-0.4, -0.2) is 40.2 Å². The first kappa shape index (κ1) is 22.3. The first-order valence-corrected chi connectivity index (χ1v) is 8.33. The van der Waals surface area contributed by atoms with Crippen LogP contribution in [0.1, 0.15) is 11.6 Å². The van der Waals surface area contributed by atoms with Gasteiger partial charge in [-0.3, -0.25) is 5.32 Å². The molecule has 0 radical (unpaired) electrons. The van der Waals surface area contributed by atoms with Gasteiger partial charge in [-0.1, -0.05) is 76.2 Å². The van der Waals surface area contributed by atoms with Gasteiger partial charge in [0.15, 0.2) is 11.6 Å². The van der Waals surface area contributed by atoms with E-state index in [9.17, 15) is 9.59 Å². The van der Waals surface area contributed by atoms with E-state index in [0.29, 0.717) is 0 Å². The molecule has 0 unspecified atom stereocenters. The highest BCUT2D eigenvalue weighted by Crippen LogP contribution is 2.40. The number of hydrogen-bond acceptors (Lipinski definition) is 7. The number of nitrogens with one attached hydrogen (secondary N) is 1. The van der Waals surface area contributed by atoms with Crippen molar-refractivity contribution >= 4 is 87.6 Å². The van der Waals surface area contributed by atoms with E-state index in [1.54, 1.807) is 0 Å². The van der Waals surface area contributed by atoms with Crippen LogP contribution in [0.3, 0.4) is 0 Å². The van der Waals surface area contributed by atoms with E-state index in [2.05, 4.69) is 31.6 Å². The van der Waals surface area contributed by atoms with Crippen molar-refractivity contribution in [2.45, 2.75) is 7.59 Å². The number of rotatable bonds is 5. The average molecular weight is 473 g/mol. The molecule has 1 aromatic heterocycles. The molecule has 0 aromatic carbocycles. The van der Waals surface area contributed by atoms with E-state index in [1.165, 1.54) is 0 Å². The summed E-state index contributed by atoms with van der Waals surface area (Å²) in [5.74, 6) is -1.82. The second-order valence-corrected chi connectivity index (χ2v) is 8.50. The van der Waals surface area contributed by atoms with Crippen molar-refractivity contribution in [2.24, 2.45) is 0 Å². The van der Waals surface area contributed by atoms with E-state index < -0.39 is 19.6 Å². The topological polar surface area (TPSA) is 103 Å². The maximum absolute atomic E-state index is 11.7. The first-order valence-electron chi connectivity index (χ1n) is 6.07. The lowest BCUT2D eigenvalue weighted by atomic mass is 10.6. The summed E-state index contributed by atoms with van der Waals surface area (Å²) in [4.78, 5) is 33.6. The predicted octanol–water partition coefficient (Wildman–Crippen LogP) is 3.80. The molecule has 0 atom stereocenters. The zero-order valence-electron chi connectivity index (χ0n) is 11.9. The number of halogens is 6. The van der Waals surface area contributed by atoms with Gasteiger partial charge in [0.25, 0.3) is 0 Å². The Morgan fingerprint density at radius 3 is 1.88 bits per heavy atom. The molecule has 0 bridgehead atoms. The average Bonchev–Trinajstić information content (AvgIpc) is 2.49. The van der Waals surface area contributed by atoms with Gasteiger partial charge in [0.2, 0.25) is 13.5 Å². The molecule has 0 spiro atoms. The summed E-state index contributed by atoms with van der Waals surface area (Å²) in [5.41, 5.74) is 0. The van der Waals surface area contributed by atoms with E-state index in [0.717, 1.165) is 6.08 Å². The molecule has 1 rings (SSSR count). The van der Waals surface area contributed by atoms with Crippen molar-refractivity contribution in [1.82, 2.24) is 15.0 Å². The minimum Gasteiger partial charge on any atom is -0.459 e. The van der Waals surface area contributed by atoms with Crippen molar-refractivity contribution in [3.8, 4) is 0 Å². The molecular formula is C11H8Cl6N4O4. The van der Waals surface area contributed by atoms with Gasteiger partial charge in [-0.2, -0.15) is 9.97 Å². The number of anilines is 1. The fourth-order valence-corrected chi connectivity index (χ4v) is 1.66. The van der Waals surface area contributed by atoms with Crippen LogP contribution in [0, 0.1) is 0 Å². The number of amides is 1. The van der Waals surface area contributed by atoms with E-state index in [1.807, 2.05) is 0 Å². The van der Waals surface area contributed by atoms with Gasteiger partial charge < -0.3 is 9.47 Å². The summed E-state index contributed by atoms with van der Waals surface area (Å²) in [6.45, 7) is 2.77. The van der Waals surface area contributed by atoms with Crippen LogP contribution in [0.4, 0.5) is 10.7 Å². The smallest absolute Gasteiger partial charge is 0.414 e. The van der Waals surface area contributed by atoms with Crippen molar-refractivity contribution < 1.29 is 19.1 Å². The molecule has 0 saturated carbocycles. The number of hydrogen-bond donors (Lipinski definition) is 1. The molecule has 0 fully saturated rings. The Balaban J connectivity index is 2.81. The van der Waals surface area contributed by atoms with E-state index >= 15 is 0 Å². The van der Waals surface area contributed by atoms with Crippen LogP contribution in [-0.2, 0) is 21.9 Å². The number of alkyl halides is 6. The van der Waals surface area contributed by atoms with Gasteiger partial charge >= 0.3 is 12.1 Å². The number of aromatic nitrogens is 3. The van der Waals surface area contributed by atoms with Gasteiger partial charge in [0.1, 0.15) is 13.2 Å². The second kappa shape index (κ2) is 9.25. The standard InChI is InChI=1S/C11H8Cl6N4O4/c1-2-5(22)24-3-4-25-9(23)21-8-19-6(10(12,13)14)18-7(20-8)11(15,16)17/h2H,1,3-4H2,(H,18,19,20,21,23). The highest BCUT2D eigenvalue weighted by Gasteiger charge is 2.34. The number of ether oxygens (including phenoxy) is 2. The lowest BCUT2D eigenvalue weighted by Crippen LogP contribution is -2.22. The lowest BCUT2D eigenvalue weighted by Gasteiger charge is -2.15. The molecule has 0 saturated heterocycles. The molecule has 1 aromatic rings. The quantitative estimate of drug-likeness (QED) is 0.301. The molecule has 0 aliphatic heterocycles. The van der Waals surface area contributed by atoms with Crippen LogP contribution in [0.15, 0.2) is 12.7 Å². The van der Waals surface area contributed by atoms with Crippen LogP contribution in [0.25, 0.3) is 0 Å². The summed E-state index contributed by atoms with van der Waals surface area (Å²) in [5, 5.41) is 2.13. The normalized spacial score (nSPS) is 11.6. The molecule has 138 valence electrons. The minimum atomic E-state index is -2.06. The molecule has 0 aliphatic carbocycles. The number of carbonyl (C=O) groups is 2. The van der Waals surface area contributed by atoms with Gasteiger partial charge in [-0.15, -0.1) is 0 Å². The molecule has 8 nitrogen and oxygen atoms in total. The number of esters is 1. The monoisotopic (exact) mass is 470 g/mol. The van der Waals surface area contributed by atoms with E-state index in [-0.39, 0.29) is 30.8 Å². The molecule has 1 N–H and O–H groups in total. The minimum absolute atomic E-state index is 0.186. The van der Waals surface area contributed by atoms with Gasteiger partial charge in [-0.05, 0) is 0 Å². The second-order valence-electron chi connectivity index (χ2n) is 3.93. The molecule has 25 heavy (non-hydrogen) atoms. The summed E-state index contributed by atoms with van der Waals surface area (Å²) in [6, 6.07) is 0. The Hall–Kier alpha value is -0.770. The maximum Gasteiger partial charge on any atom is 0.414 e. The fraction of sp³-hybridized carbons (Fsp3) is 0.364. The zero-order chi connectivity index (χ0) is 19.3.